The van der Waals surface area contributed by atoms with Crippen molar-refractivity contribution in [3.63, 3.8) is 0 Å². The second-order valence-electron chi connectivity index (χ2n) is 8.44. The Morgan fingerprint density at radius 2 is 1.76 bits per heavy atom. The van der Waals surface area contributed by atoms with Crippen molar-refractivity contribution in [3.8, 4) is 0 Å². The van der Waals surface area contributed by atoms with Gasteiger partial charge in [0.2, 0.25) is 5.78 Å². The van der Waals surface area contributed by atoms with Crippen molar-refractivity contribution in [3.05, 3.63) is 94.1 Å². The number of pyridine rings is 1. The zero-order valence-corrected chi connectivity index (χ0v) is 22.6. The molecule has 37 heavy (non-hydrogen) atoms. The number of ketones is 1. The molecule has 0 unspecified atom stereocenters. The summed E-state index contributed by atoms with van der Waals surface area (Å²) < 4.78 is 0. The number of nitrogens with one attached hydrogen (secondary N) is 1. The minimum absolute atomic E-state index is 0.288. The second kappa shape index (κ2) is 13.9. The predicted molar refractivity (Wildman–Crippen MR) is 147 cm³/mol. The number of allylic oxidation sites excluding steroid dienone is 3. The Labute approximate surface area is 219 Å². The summed E-state index contributed by atoms with van der Waals surface area (Å²) in [5.41, 5.74) is 5.44. The van der Waals surface area contributed by atoms with Crippen molar-refractivity contribution in [1.29, 1.82) is 0 Å². The molecule has 3 rings (SSSR count). The summed E-state index contributed by atoms with van der Waals surface area (Å²) in [4.78, 5) is 43.6. The van der Waals surface area contributed by atoms with Gasteiger partial charge in [0, 0.05) is 36.4 Å². The van der Waals surface area contributed by atoms with Crippen molar-refractivity contribution in [2.45, 2.75) is 60.8 Å². The van der Waals surface area contributed by atoms with E-state index in [0.29, 0.717) is 48.3 Å². The van der Waals surface area contributed by atoms with Gasteiger partial charge in [0.15, 0.2) is 0 Å². The molecule has 0 radical (unpaired) electrons. The fourth-order valence-corrected chi connectivity index (χ4v) is 4.15. The predicted octanol–water partition coefficient (Wildman–Crippen LogP) is 5.79. The van der Waals surface area contributed by atoms with Gasteiger partial charge in [0.25, 0.3) is 5.91 Å². The molecule has 0 atom stereocenters. The molecule has 7 heteroatoms. The lowest BCUT2D eigenvalue weighted by Gasteiger charge is -2.26. The third-order valence-corrected chi connectivity index (χ3v) is 6.08. The summed E-state index contributed by atoms with van der Waals surface area (Å²) in [5.74, 6) is -2.17. The molecule has 0 saturated carbocycles. The largest absolute Gasteiger partial charge is 0.478 e. The molecule has 1 aromatic carbocycles. The van der Waals surface area contributed by atoms with Crippen molar-refractivity contribution < 1.29 is 19.5 Å². The number of aromatic nitrogens is 1. The Kier molecular flexibility index (Phi) is 11.0. The minimum atomic E-state index is -0.944. The lowest BCUT2D eigenvalue weighted by molar-refractivity contribution is -0.132. The van der Waals surface area contributed by atoms with Crippen molar-refractivity contribution in [1.82, 2.24) is 9.88 Å². The molecule has 1 amide bonds. The number of nitrogens with zero attached hydrogens (tertiary/aromatic N) is 2. The molecule has 0 saturated heterocycles. The number of amides is 1. The molecule has 0 fully saturated rings. The summed E-state index contributed by atoms with van der Waals surface area (Å²) in [5, 5.41) is 12.1. The van der Waals surface area contributed by atoms with Crippen molar-refractivity contribution >= 4 is 23.3 Å². The first-order valence-electron chi connectivity index (χ1n) is 12.7. The highest BCUT2D eigenvalue weighted by Gasteiger charge is 2.24. The summed E-state index contributed by atoms with van der Waals surface area (Å²) >= 11 is 0. The van der Waals surface area contributed by atoms with E-state index in [1.807, 2.05) is 76.1 Å². The van der Waals surface area contributed by atoms with Crippen LogP contribution >= 0.6 is 0 Å². The molecular formula is C30H37N3O4. The number of Topliss-reactive ketones (excluding diaryl/α,β-unsaturated/α-hetero) is 1. The fourth-order valence-electron chi connectivity index (χ4n) is 4.15. The van der Waals surface area contributed by atoms with Gasteiger partial charge in [-0.3, -0.25) is 14.6 Å². The van der Waals surface area contributed by atoms with Crippen LogP contribution in [-0.2, 0) is 22.4 Å². The number of aryl methyl sites for hydroxylation is 3. The maximum atomic E-state index is 13.2. The van der Waals surface area contributed by atoms with Gasteiger partial charge in [-0.25, -0.2) is 4.79 Å². The summed E-state index contributed by atoms with van der Waals surface area (Å²) in [6.07, 6.45) is 12.6. The van der Waals surface area contributed by atoms with Gasteiger partial charge in [-0.2, -0.15) is 0 Å². The highest BCUT2D eigenvalue weighted by Crippen LogP contribution is 2.24. The second-order valence-corrected chi connectivity index (χ2v) is 8.44. The third-order valence-electron chi connectivity index (χ3n) is 6.08. The summed E-state index contributed by atoms with van der Waals surface area (Å²) in [6.45, 7) is 12.0. The molecule has 0 spiro atoms. The van der Waals surface area contributed by atoms with E-state index in [4.69, 9.17) is 0 Å². The van der Waals surface area contributed by atoms with Crippen LogP contribution in [0, 0.1) is 13.8 Å². The normalized spacial score (nSPS) is 13.5. The average Bonchev–Trinajstić information content (AvgIpc) is 2.90. The Morgan fingerprint density at radius 1 is 1.03 bits per heavy atom. The number of carbonyl (C=O) groups is 3. The standard InChI is InChI=1S/C28H31N3O4.C2H6/c1-5-21-17-29-16-19(4)25(21)30-27(33)26(32)22(6-2)24-9-7-8-13-31(24)14-12-20-10-11-23(28(34)35)18(3)15-20;1-2/h7-11,13,15-17H,5-6,12,14H2,1-4H3,(H,34,35)(H,29,30,33);1-2H3/b24-22+;. The fraction of sp³-hybridized carbons (Fsp3) is 0.333. The highest BCUT2D eigenvalue weighted by molar-refractivity contribution is 6.46. The van der Waals surface area contributed by atoms with Crippen LogP contribution in [0.5, 0.6) is 0 Å². The molecule has 1 aliphatic rings. The zero-order valence-electron chi connectivity index (χ0n) is 22.6. The molecule has 1 aliphatic heterocycles. The number of hydrogen-bond donors (Lipinski definition) is 2. The summed E-state index contributed by atoms with van der Waals surface area (Å²) in [7, 11) is 0. The molecule has 0 bridgehead atoms. The molecule has 0 aliphatic carbocycles. The van der Waals surface area contributed by atoms with Crippen LogP contribution in [0.4, 0.5) is 5.69 Å². The average molecular weight is 504 g/mol. The van der Waals surface area contributed by atoms with E-state index >= 15 is 0 Å². The number of anilines is 1. The maximum Gasteiger partial charge on any atom is 0.335 e. The van der Waals surface area contributed by atoms with E-state index < -0.39 is 17.7 Å². The lowest BCUT2D eigenvalue weighted by Crippen LogP contribution is -2.29. The van der Waals surface area contributed by atoms with Gasteiger partial charge in [0.05, 0.1) is 11.3 Å². The number of aromatic carboxylic acids is 1. The molecule has 2 N–H and O–H groups in total. The molecule has 1 aromatic heterocycles. The molecule has 2 aromatic rings. The van der Waals surface area contributed by atoms with Crippen LogP contribution in [0.1, 0.15) is 66.7 Å². The summed E-state index contributed by atoms with van der Waals surface area (Å²) in [6, 6.07) is 5.30. The van der Waals surface area contributed by atoms with Crippen LogP contribution in [0.15, 0.2) is 66.3 Å². The van der Waals surface area contributed by atoms with Crippen LogP contribution in [0.3, 0.4) is 0 Å². The maximum absolute atomic E-state index is 13.2. The van der Waals surface area contributed by atoms with Gasteiger partial charge in [-0.15, -0.1) is 0 Å². The van der Waals surface area contributed by atoms with Gasteiger partial charge in [-0.05, 0) is 73.6 Å². The molecule has 2 heterocycles. The highest BCUT2D eigenvalue weighted by atomic mass is 16.4. The van der Waals surface area contributed by atoms with Gasteiger partial charge in [0.1, 0.15) is 0 Å². The first kappa shape index (κ1) is 29.2. The zero-order chi connectivity index (χ0) is 27.5. The van der Waals surface area contributed by atoms with E-state index in [-0.39, 0.29) is 5.56 Å². The first-order valence-corrected chi connectivity index (χ1v) is 12.7. The van der Waals surface area contributed by atoms with Crippen molar-refractivity contribution in [2.75, 3.05) is 11.9 Å². The van der Waals surface area contributed by atoms with E-state index in [0.717, 1.165) is 16.7 Å². The number of carbonyl (C=O) groups excluding carboxylic acids is 2. The van der Waals surface area contributed by atoms with Crippen LogP contribution in [0.2, 0.25) is 0 Å². The quantitative estimate of drug-likeness (QED) is 0.332. The van der Waals surface area contributed by atoms with E-state index in [1.165, 1.54) is 0 Å². The van der Waals surface area contributed by atoms with E-state index in [2.05, 4.69) is 10.3 Å². The minimum Gasteiger partial charge on any atom is -0.478 e. The molecular weight excluding hydrogens is 466 g/mol. The third kappa shape index (κ3) is 7.26. The number of rotatable bonds is 9. The smallest absolute Gasteiger partial charge is 0.335 e. The molecule has 196 valence electrons. The number of carboxylic acids is 1. The van der Waals surface area contributed by atoms with Crippen LogP contribution in [-0.4, -0.2) is 39.2 Å². The Balaban J connectivity index is 0.00000235. The SMILES string of the molecule is CC.CC/C(C(=O)C(=O)Nc1c(C)cncc1CC)=C1/C=CC=CN1CCc1ccc(C(=O)O)c(C)c1. The lowest BCUT2D eigenvalue weighted by atomic mass is 10.0. The van der Waals surface area contributed by atoms with Gasteiger partial charge >= 0.3 is 5.97 Å². The van der Waals surface area contributed by atoms with Crippen LogP contribution in [0.25, 0.3) is 0 Å². The van der Waals surface area contributed by atoms with E-state index in [1.54, 1.807) is 25.4 Å². The number of carboxylic acid groups (broad SMARTS) is 1. The first-order chi connectivity index (χ1) is 17.8. The number of benzene rings is 1. The molecule has 7 nitrogen and oxygen atoms in total. The monoisotopic (exact) mass is 503 g/mol. The Morgan fingerprint density at radius 3 is 2.38 bits per heavy atom. The number of hydrogen-bond acceptors (Lipinski definition) is 5. The topological polar surface area (TPSA) is 99.6 Å². The van der Waals surface area contributed by atoms with Crippen LogP contribution < -0.4 is 5.32 Å². The van der Waals surface area contributed by atoms with Gasteiger partial charge < -0.3 is 15.3 Å². The van der Waals surface area contributed by atoms with E-state index in [9.17, 15) is 19.5 Å². The van der Waals surface area contributed by atoms with Crippen molar-refractivity contribution in [2.24, 2.45) is 0 Å². The Bertz CT molecular complexity index is 1240. The van der Waals surface area contributed by atoms with Gasteiger partial charge in [-0.1, -0.05) is 45.9 Å². The Hall–Kier alpha value is -4.00.